The van der Waals surface area contributed by atoms with Gasteiger partial charge in [0.05, 0.1) is 24.4 Å². The summed E-state index contributed by atoms with van der Waals surface area (Å²) in [6.45, 7) is 0.868. The Morgan fingerprint density at radius 2 is 2.26 bits per heavy atom. The zero-order valence-electron chi connectivity index (χ0n) is 11.0. The molecule has 19 heavy (non-hydrogen) atoms. The second-order valence-electron chi connectivity index (χ2n) is 5.62. The van der Waals surface area contributed by atoms with Crippen molar-refractivity contribution in [1.82, 2.24) is 20.3 Å². The van der Waals surface area contributed by atoms with Crippen LogP contribution in [0.5, 0.6) is 0 Å². The van der Waals surface area contributed by atoms with Crippen molar-refractivity contribution in [3.8, 4) is 0 Å². The van der Waals surface area contributed by atoms with Gasteiger partial charge in [-0.1, -0.05) is 24.5 Å². The molecule has 0 aromatic carbocycles. The van der Waals surface area contributed by atoms with Crippen molar-refractivity contribution >= 4 is 5.91 Å². The number of rotatable bonds is 3. The quantitative estimate of drug-likeness (QED) is 0.880. The number of hydrogen-bond donors (Lipinski definition) is 1. The van der Waals surface area contributed by atoms with Crippen molar-refractivity contribution in [3.63, 3.8) is 0 Å². The second kappa shape index (κ2) is 5.28. The second-order valence-corrected chi connectivity index (χ2v) is 5.62. The van der Waals surface area contributed by atoms with Crippen molar-refractivity contribution in [2.45, 2.75) is 56.7 Å². The molecule has 1 spiro atoms. The molecule has 1 amide bonds. The van der Waals surface area contributed by atoms with E-state index in [0.29, 0.717) is 6.61 Å². The maximum absolute atomic E-state index is 11.9. The lowest BCUT2D eigenvalue weighted by molar-refractivity contribution is -0.122. The first kappa shape index (κ1) is 12.6. The number of carbonyl (C=O) groups excluding carboxylic acids is 1. The summed E-state index contributed by atoms with van der Waals surface area (Å²) in [6.07, 6.45) is 10.3. The highest BCUT2D eigenvalue weighted by Crippen LogP contribution is 2.39. The van der Waals surface area contributed by atoms with Gasteiger partial charge >= 0.3 is 0 Å². The standard InChI is InChI=1S/C13H20N4O2/c18-12(9-17-7-6-14-16-17)15-11-8-13(19-10-11)4-2-1-3-5-13/h6-7,11H,1-5,8-10H2,(H,15,18)/t11-/m0/s1. The molecule has 1 aromatic heterocycles. The molecule has 0 bridgehead atoms. The van der Waals surface area contributed by atoms with Gasteiger partial charge in [0, 0.05) is 6.20 Å². The average molecular weight is 264 g/mol. The molecule has 2 aliphatic rings. The molecule has 2 heterocycles. The van der Waals surface area contributed by atoms with Crippen molar-refractivity contribution in [2.75, 3.05) is 6.61 Å². The van der Waals surface area contributed by atoms with Crippen LogP contribution in [-0.2, 0) is 16.1 Å². The zero-order chi connectivity index (χ0) is 13.1. The first-order chi connectivity index (χ1) is 9.26. The van der Waals surface area contributed by atoms with Crippen LogP contribution in [0.1, 0.15) is 38.5 Å². The van der Waals surface area contributed by atoms with Crippen LogP contribution in [0.15, 0.2) is 12.4 Å². The van der Waals surface area contributed by atoms with Gasteiger partial charge in [-0.05, 0) is 19.3 Å². The van der Waals surface area contributed by atoms with Gasteiger partial charge in [0.1, 0.15) is 6.54 Å². The Bertz CT molecular complexity index is 426. The Hall–Kier alpha value is -1.43. The molecule has 0 radical (unpaired) electrons. The van der Waals surface area contributed by atoms with Crippen molar-refractivity contribution in [2.24, 2.45) is 0 Å². The number of amides is 1. The number of ether oxygens (including phenoxy) is 1. The average Bonchev–Trinajstić information content (AvgIpc) is 3.02. The van der Waals surface area contributed by atoms with Gasteiger partial charge in [0.25, 0.3) is 0 Å². The van der Waals surface area contributed by atoms with Gasteiger partial charge in [-0.15, -0.1) is 5.10 Å². The molecule has 1 saturated carbocycles. The van der Waals surface area contributed by atoms with Crippen LogP contribution in [0.25, 0.3) is 0 Å². The van der Waals surface area contributed by atoms with Crippen molar-refractivity contribution in [3.05, 3.63) is 12.4 Å². The molecule has 3 rings (SSSR count). The van der Waals surface area contributed by atoms with Gasteiger partial charge in [-0.25, -0.2) is 4.68 Å². The zero-order valence-corrected chi connectivity index (χ0v) is 11.0. The van der Waals surface area contributed by atoms with E-state index >= 15 is 0 Å². The summed E-state index contributed by atoms with van der Waals surface area (Å²) in [5.41, 5.74) is 0.0451. The predicted molar refractivity (Wildman–Crippen MR) is 68.3 cm³/mol. The number of nitrogens with one attached hydrogen (secondary N) is 1. The van der Waals surface area contributed by atoms with E-state index in [0.717, 1.165) is 19.3 Å². The van der Waals surface area contributed by atoms with Crippen LogP contribution in [0, 0.1) is 0 Å². The molecule has 1 aromatic rings. The predicted octanol–water partition coefficient (Wildman–Crippen LogP) is 0.886. The first-order valence-corrected chi connectivity index (χ1v) is 7.03. The molecule has 1 aliphatic carbocycles. The minimum atomic E-state index is -0.0213. The molecule has 6 nitrogen and oxygen atoms in total. The van der Waals surface area contributed by atoms with E-state index in [1.807, 2.05) is 0 Å². The summed E-state index contributed by atoms with van der Waals surface area (Å²) in [4.78, 5) is 11.9. The Morgan fingerprint density at radius 1 is 1.42 bits per heavy atom. The van der Waals surface area contributed by atoms with Gasteiger partial charge in [0.15, 0.2) is 0 Å². The summed E-state index contributed by atoms with van der Waals surface area (Å²) in [6, 6.07) is 0.147. The minimum absolute atomic E-state index is 0.0213. The molecular formula is C13H20N4O2. The Balaban J connectivity index is 1.50. The Morgan fingerprint density at radius 3 is 3.00 bits per heavy atom. The summed E-state index contributed by atoms with van der Waals surface area (Å²) in [5, 5.41) is 10.5. The number of carbonyl (C=O) groups is 1. The van der Waals surface area contributed by atoms with Gasteiger partial charge < -0.3 is 10.1 Å². The smallest absolute Gasteiger partial charge is 0.242 e. The van der Waals surface area contributed by atoms with Crippen LogP contribution in [0.2, 0.25) is 0 Å². The molecular weight excluding hydrogens is 244 g/mol. The van der Waals surface area contributed by atoms with Gasteiger partial charge in [0.2, 0.25) is 5.91 Å². The van der Waals surface area contributed by atoms with Crippen LogP contribution >= 0.6 is 0 Å². The molecule has 0 unspecified atom stereocenters. The highest BCUT2D eigenvalue weighted by atomic mass is 16.5. The van der Waals surface area contributed by atoms with E-state index in [1.54, 1.807) is 12.4 Å². The van der Waals surface area contributed by atoms with Gasteiger partial charge in [-0.2, -0.15) is 0 Å². The van der Waals surface area contributed by atoms with Crippen LogP contribution < -0.4 is 5.32 Å². The first-order valence-electron chi connectivity index (χ1n) is 7.03. The highest BCUT2D eigenvalue weighted by molar-refractivity contribution is 5.76. The Labute approximate surface area is 112 Å². The van der Waals surface area contributed by atoms with E-state index in [2.05, 4.69) is 15.6 Å². The van der Waals surface area contributed by atoms with Crippen LogP contribution in [-0.4, -0.2) is 39.2 Å². The normalized spacial score (nSPS) is 25.6. The van der Waals surface area contributed by atoms with Crippen LogP contribution in [0.4, 0.5) is 0 Å². The summed E-state index contributed by atoms with van der Waals surface area (Å²) < 4.78 is 7.51. The topological polar surface area (TPSA) is 69.0 Å². The van der Waals surface area contributed by atoms with E-state index in [9.17, 15) is 4.79 Å². The molecule has 1 aliphatic heterocycles. The molecule has 6 heteroatoms. The lowest BCUT2D eigenvalue weighted by Gasteiger charge is -2.32. The molecule has 104 valence electrons. The minimum Gasteiger partial charge on any atom is -0.373 e. The van der Waals surface area contributed by atoms with Crippen molar-refractivity contribution in [1.29, 1.82) is 0 Å². The maximum Gasteiger partial charge on any atom is 0.242 e. The summed E-state index contributed by atoms with van der Waals surface area (Å²) >= 11 is 0. The Kier molecular flexibility index (Phi) is 3.50. The molecule has 1 N–H and O–H groups in total. The fourth-order valence-corrected chi connectivity index (χ4v) is 3.22. The maximum atomic E-state index is 11.9. The third-order valence-electron chi connectivity index (χ3n) is 4.12. The van der Waals surface area contributed by atoms with Crippen LogP contribution in [0.3, 0.4) is 0 Å². The third-order valence-corrected chi connectivity index (χ3v) is 4.12. The summed E-state index contributed by atoms with van der Waals surface area (Å²) in [7, 11) is 0. The van der Waals surface area contributed by atoms with E-state index in [4.69, 9.17) is 4.74 Å². The third kappa shape index (κ3) is 2.94. The summed E-state index contributed by atoms with van der Waals surface area (Å²) in [5.74, 6) is -0.0213. The fraction of sp³-hybridized carbons (Fsp3) is 0.769. The van der Waals surface area contributed by atoms with E-state index in [-0.39, 0.29) is 24.1 Å². The van der Waals surface area contributed by atoms with E-state index < -0.39 is 0 Å². The van der Waals surface area contributed by atoms with E-state index in [1.165, 1.54) is 23.9 Å². The monoisotopic (exact) mass is 264 g/mol. The lowest BCUT2D eigenvalue weighted by Crippen LogP contribution is -2.39. The SMILES string of the molecule is O=C(Cn1ccnn1)N[C@@H]1COC2(CCCCC2)C1. The fourth-order valence-electron chi connectivity index (χ4n) is 3.22. The number of nitrogens with zero attached hydrogens (tertiary/aromatic N) is 3. The molecule has 1 atom stereocenters. The highest BCUT2D eigenvalue weighted by Gasteiger charge is 2.41. The largest absolute Gasteiger partial charge is 0.373 e. The molecule has 2 fully saturated rings. The number of hydrogen-bond acceptors (Lipinski definition) is 4. The molecule has 1 saturated heterocycles. The van der Waals surface area contributed by atoms with Gasteiger partial charge in [-0.3, -0.25) is 4.79 Å². The number of aromatic nitrogens is 3. The van der Waals surface area contributed by atoms with Crippen molar-refractivity contribution < 1.29 is 9.53 Å². The lowest BCUT2D eigenvalue weighted by atomic mass is 9.82.